The van der Waals surface area contributed by atoms with Crippen LogP contribution in [0.3, 0.4) is 0 Å². The lowest BCUT2D eigenvalue weighted by Gasteiger charge is -2.05. The molecule has 1 aromatic rings. The topological polar surface area (TPSA) is 40.5 Å². The summed E-state index contributed by atoms with van der Waals surface area (Å²) in [4.78, 5) is 11.3. The van der Waals surface area contributed by atoms with Crippen LogP contribution in [0.4, 0.5) is 0 Å². The molecule has 4 heteroatoms. The summed E-state index contributed by atoms with van der Waals surface area (Å²) in [6.07, 6.45) is 2.65. The molecular weight excluding hydrogens is 194 g/mol. The van der Waals surface area contributed by atoms with Crippen LogP contribution < -0.4 is 5.56 Å². The van der Waals surface area contributed by atoms with Crippen molar-refractivity contribution in [3.8, 4) is 0 Å². The second kappa shape index (κ2) is 7.20. The van der Waals surface area contributed by atoms with Gasteiger partial charge in [0.2, 0.25) is 0 Å². The SMILES string of the molecule is COCCCOCCn1ccccc1=O. The highest BCUT2D eigenvalue weighted by Gasteiger charge is 1.93. The first-order valence-electron chi connectivity index (χ1n) is 5.07. The van der Waals surface area contributed by atoms with Crippen LogP contribution in [0.25, 0.3) is 0 Å². The number of methoxy groups -OCH3 is 1. The van der Waals surface area contributed by atoms with E-state index in [4.69, 9.17) is 9.47 Å². The van der Waals surface area contributed by atoms with Crippen molar-refractivity contribution in [3.63, 3.8) is 0 Å². The summed E-state index contributed by atoms with van der Waals surface area (Å²) in [6, 6.07) is 5.12. The summed E-state index contributed by atoms with van der Waals surface area (Å²) >= 11 is 0. The van der Waals surface area contributed by atoms with Gasteiger partial charge in [-0.2, -0.15) is 0 Å². The third-order valence-electron chi connectivity index (χ3n) is 2.01. The number of nitrogens with zero attached hydrogens (tertiary/aromatic N) is 1. The zero-order valence-corrected chi connectivity index (χ0v) is 9.02. The predicted octanol–water partition coefficient (Wildman–Crippen LogP) is 0.901. The number of hydrogen-bond donors (Lipinski definition) is 0. The fourth-order valence-corrected chi connectivity index (χ4v) is 1.22. The molecule has 0 N–H and O–H groups in total. The van der Waals surface area contributed by atoms with Gasteiger partial charge in [-0.15, -0.1) is 0 Å². The third-order valence-corrected chi connectivity index (χ3v) is 2.01. The molecule has 0 saturated carbocycles. The lowest BCUT2D eigenvalue weighted by atomic mass is 10.4. The highest BCUT2D eigenvalue weighted by Crippen LogP contribution is 1.86. The van der Waals surface area contributed by atoms with Crippen molar-refractivity contribution in [2.75, 3.05) is 26.9 Å². The van der Waals surface area contributed by atoms with Crippen molar-refractivity contribution in [2.45, 2.75) is 13.0 Å². The lowest BCUT2D eigenvalue weighted by molar-refractivity contribution is 0.0972. The highest BCUT2D eigenvalue weighted by molar-refractivity contribution is 4.92. The van der Waals surface area contributed by atoms with Gasteiger partial charge in [0.05, 0.1) is 6.61 Å². The van der Waals surface area contributed by atoms with Gasteiger partial charge in [-0.3, -0.25) is 4.79 Å². The molecule has 1 heterocycles. The van der Waals surface area contributed by atoms with Gasteiger partial charge >= 0.3 is 0 Å². The Morgan fingerprint density at radius 1 is 1.27 bits per heavy atom. The summed E-state index contributed by atoms with van der Waals surface area (Å²) < 4.78 is 11.9. The number of aromatic nitrogens is 1. The third kappa shape index (κ3) is 4.76. The summed E-state index contributed by atoms with van der Waals surface area (Å²) in [5.74, 6) is 0. The van der Waals surface area contributed by atoms with Crippen molar-refractivity contribution in [1.29, 1.82) is 0 Å². The molecule has 0 unspecified atom stereocenters. The van der Waals surface area contributed by atoms with Gasteiger partial charge in [-0.1, -0.05) is 6.07 Å². The molecule has 0 amide bonds. The van der Waals surface area contributed by atoms with Gasteiger partial charge < -0.3 is 14.0 Å². The minimum atomic E-state index is 0.0120. The van der Waals surface area contributed by atoms with E-state index in [0.717, 1.165) is 6.42 Å². The van der Waals surface area contributed by atoms with E-state index in [1.165, 1.54) is 0 Å². The quantitative estimate of drug-likeness (QED) is 0.629. The first kappa shape index (κ1) is 11.9. The Labute approximate surface area is 89.4 Å². The fraction of sp³-hybridized carbons (Fsp3) is 0.545. The Bertz CT molecular complexity index is 322. The van der Waals surface area contributed by atoms with Crippen molar-refractivity contribution < 1.29 is 9.47 Å². The van der Waals surface area contributed by atoms with Crippen molar-refractivity contribution >= 4 is 0 Å². The molecule has 0 atom stereocenters. The molecule has 0 radical (unpaired) electrons. The van der Waals surface area contributed by atoms with Crippen LogP contribution in [0.15, 0.2) is 29.2 Å². The number of rotatable bonds is 7. The molecule has 0 fully saturated rings. The van der Waals surface area contributed by atoms with E-state index in [2.05, 4.69) is 0 Å². The Kier molecular flexibility index (Phi) is 5.73. The van der Waals surface area contributed by atoms with Crippen LogP contribution in [0.5, 0.6) is 0 Å². The maximum atomic E-state index is 11.3. The van der Waals surface area contributed by atoms with Crippen molar-refractivity contribution in [3.05, 3.63) is 34.7 Å². The molecule has 0 aromatic carbocycles. The van der Waals surface area contributed by atoms with Crippen LogP contribution in [-0.2, 0) is 16.0 Å². The average molecular weight is 211 g/mol. The number of pyridine rings is 1. The molecule has 0 spiro atoms. The smallest absolute Gasteiger partial charge is 0.250 e. The van der Waals surface area contributed by atoms with Crippen LogP contribution in [-0.4, -0.2) is 31.5 Å². The number of ether oxygens (including phenoxy) is 2. The summed E-state index contributed by atoms with van der Waals surface area (Å²) in [7, 11) is 1.67. The zero-order valence-electron chi connectivity index (χ0n) is 9.02. The molecule has 1 rings (SSSR count). The van der Waals surface area contributed by atoms with Gasteiger partial charge in [-0.05, 0) is 12.5 Å². The van der Waals surface area contributed by atoms with Gasteiger partial charge in [-0.25, -0.2) is 0 Å². The second-order valence-corrected chi connectivity index (χ2v) is 3.19. The Hall–Kier alpha value is -1.13. The normalized spacial score (nSPS) is 10.5. The van der Waals surface area contributed by atoms with E-state index >= 15 is 0 Å². The minimum Gasteiger partial charge on any atom is -0.385 e. The molecule has 0 bridgehead atoms. The average Bonchev–Trinajstić information content (AvgIpc) is 2.25. The van der Waals surface area contributed by atoms with Gasteiger partial charge in [0.1, 0.15) is 0 Å². The Morgan fingerprint density at radius 3 is 2.87 bits per heavy atom. The summed E-state index contributed by atoms with van der Waals surface area (Å²) in [5.41, 5.74) is 0.0120. The van der Waals surface area contributed by atoms with E-state index in [0.29, 0.717) is 26.4 Å². The molecule has 4 nitrogen and oxygen atoms in total. The number of hydrogen-bond acceptors (Lipinski definition) is 3. The van der Waals surface area contributed by atoms with E-state index in [-0.39, 0.29) is 5.56 Å². The second-order valence-electron chi connectivity index (χ2n) is 3.19. The van der Waals surface area contributed by atoms with Gasteiger partial charge in [0, 0.05) is 39.1 Å². The fourth-order valence-electron chi connectivity index (χ4n) is 1.22. The van der Waals surface area contributed by atoms with E-state index in [9.17, 15) is 4.79 Å². The monoisotopic (exact) mass is 211 g/mol. The van der Waals surface area contributed by atoms with Crippen LogP contribution >= 0.6 is 0 Å². The van der Waals surface area contributed by atoms with E-state index in [1.807, 2.05) is 6.07 Å². The van der Waals surface area contributed by atoms with Crippen molar-refractivity contribution in [1.82, 2.24) is 4.57 Å². The van der Waals surface area contributed by atoms with Crippen LogP contribution in [0.1, 0.15) is 6.42 Å². The van der Waals surface area contributed by atoms with Gasteiger partial charge in [0.15, 0.2) is 0 Å². The largest absolute Gasteiger partial charge is 0.385 e. The lowest BCUT2D eigenvalue weighted by Crippen LogP contribution is -2.20. The molecule has 0 aliphatic heterocycles. The van der Waals surface area contributed by atoms with Crippen molar-refractivity contribution in [2.24, 2.45) is 0 Å². The minimum absolute atomic E-state index is 0.0120. The maximum Gasteiger partial charge on any atom is 0.250 e. The summed E-state index contributed by atoms with van der Waals surface area (Å²) in [5, 5.41) is 0. The summed E-state index contributed by atoms with van der Waals surface area (Å²) in [6.45, 7) is 2.56. The van der Waals surface area contributed by atoms with Crippen LogP contribution in [0.2, 0.25) is 0 Å². The maximum absolute atomic E-state index is 11.3. The first-order valence-corrected chi connectivity index (χ1v) is 5.07. The molecule has 0 aliphatic rings. The Morgan fingerprint density at radius 2 is 2.13 bits per heavy atom. The molecule has 84 valence electrons. The zero-order chi connectivity index (χ0) is 10.9. The van der Waals surface area contributed by atoms with E-state index in [1.54, 1.807) is 30.0 Å². The predicted molar refractivity (Wildman–Crippen MR) is 58.0 cm³/mol. The molecular formula is C11H17NO3. The van der Waals surface area contributed by atoms with Gasteiger partial charge in [0.25, 0.3) is 5.56 Å². The molecule has 15 heavy (non-hydrogen) atoms. The standard InChI is InChI=1S/C11H17NO3/c1-14-8-4-9-15-10-7-12-6-3-2-5-11(12)13/h2-3,5-6H,4,7-10H2,1H3. The van der Waals surface area contributed by atoms with Crippen LogP contribution in [0, 0.1) is 0 Å². The molecule has 1 aromatic heterocycles. The molecule has 0 saturated heterocycles. The first-order chi connectivity index (χ1) is 7.34. The molecule has 0 aliphatic carbocycles. The highest BCUT2D eigenvalue weighted by atomic mass is 16.5. The van der Waals surface area contributed by atoms with E-state index < -0.39 is 0 Å². The Balaban J connectivity index is 2.15.